The Balaban J connectivity index is 2.30. The summed E-state index contributed by atoms with van der Waals surface area (Å²) in [5, 5.41) is 11.0. The fraction of sp³-hybridized carbons (Fsp3) is 0.615. The highest BCUT2D eigenvalue weighted by Crippen LogP contribution is 2.31. The second kappa shape index (κ2) is 6.04. The Kier molecular flexibility index (Phi) is 4.39. The van der Waals surface area contributed by atoms with E-state index in [0.717, 1.165) is 6.42 Å². The summed E-state index contributed by atoms with van der Waals surface area (Å²) in [7, 11) is 1.94. The van der Waals surface area contributed by atoms with Gasteiger partial charge in [-0.2, -0.15) is 0 Å². The zero-order chi connectivity index (χ0) is 14.7. The molecule has 110 valence electrons. The molecule has 7 heteroatoms. The summed E-state index contributed by atoms with van der Waals surface area (Å²) in [6.07, 6.45) is 4.72. The Hall–Kier alpha value is -1.89. The van der Waals surface area contributed by atoms with Gasteiger partial charge >= 0.3 is 0 Å². The molecule has 1 aliphatic carbocycles. The smallest absolute Gasteiger partial charge is 0.276 e. The lowest BCUT2D eigenvalue weighted by molar-refractivity contribution is -0.384. The lowest BCUT2D eigenvalue weighted by atomic mass is 9.85. The highest BCUT2D eigenvalue weighted by atomic mass is 16.6. The van der Waals surface area contributed by atoms with Crippen molar-refractivity contribution in [1.82, 2.24) is 4.98 Å². The fourth-order valence-electron chi connectivity index (χ4n) is 2.90. The quantitative estimate of drug-likeness (QED) is 0.498. The number of nitro groups is 1. The van der Waals surface area contributed by atoms with Gasteiger partial charge in [0, 0.05) is 13.1 Å². The van der Waals surface area contributed by atoms with E-state index >= 15 is 0 Å². The molecule has 2 atom stereocenters. The van der Waals surface area contributed by atoms with E-state index < -0.39 is 4.92 Å². The number of nitrogen functional groups attached to an aromatic ring is 1. The van der Waals surface area contributed by atoms with Gasteiger partial charge in [-0.15, -0.1) is 0 Å². The van der Waals surface area contributed by atoms with Crippen molar-refractivity contribution >= 4 is 17.3 Å². The van der Waals surface area contributed by atoms with Crippen molar-refractivity contribution in [1.29, 1.82) is 0 Å². The summed E-state index contributed by atoms with van der Waals surface area (Å²) < 4.78 is 0. The van der Waals surface area contributed by atoms with Crippen LogP contribution in [-0.2, 0) is 0 Å². The van der Waals surface area contributed by atoms with Gasteiger partial charge in [-0.05, 0) is 18.8 Å². The minimum Gasteiger partial charge on any atom is -0.356 e. The van der Waals surface area contributed by atoms with Crippen LogP contribution in [0.15, 0.2) is 12.1 Å². The average Bonchev–Trinajstić information content (AvgIpc) is 2.46. The first-order valence-corrected chi connectivity index (χ1v) is 6.89. The highest BCUT2D eigenvalue weighted by Gasteiger charge is 2.27. The van der Waals surface area contributed by atoms with E-state index in [-0.39, 0.29) is 5.69 Å². The molecule has 2 unspecified atom stereocenters. The van der Waals surface area contributed by atoms with Crippen LogP contribution in [0.1, 0.15) is 32.6 Å². The van der Waals surface area contributed by atoms with Gasteiger partial charge in [0.1, 0.15) is 11.6 Å². The summed E-state index contributed by atoms with van der Waals surface area (Å²) in [6, 6.07) is 3.20. The van der Waals surface area contributed by atoms with Crippen LogP contribution in [0, 0.1) is 16.0 Å². The predicted octanol–water partition coefficient (Wildman–Crippen LogP) is 2.29. The van der Waals surface area contributed by atoms with Crippen LogP contribution in [-0.4, -0.2) is 23.0 Å². The van der Waals surface area contributed by atoms with Crippen LogP contribution < -0.4 is 16.2 Å². The van der Waals surface area contributed by atoms with Crippen LogP contribution in [0.3, 0.4) is 0 Å². The van der Waals surface area contributed by atoms with Crippen LogP contribution in [0.5, 0.6) is 0 Å². The summed E-state index contributed by atoms with van der Waals surface area (Å²) in [5.41, 5.74) is 2.39. The molecule has 0 saturated heterocycles. The first-order valence-electron chi connectivity index (χ1n) is 6.89. The molecule has 0 spiro atoms. The van der Waals surface area contributed by atoms with Crippen molar-refractivity contribution in [2.24, 2.45) is 11.8 Å². The van der Waals surface area contributed by atoms with Crippen molar-refractivity contribution in [2.45, 2.75) is 38.6 Å². The molecule has 20 heavy (non-hydrogen) atoms. The second-order valence-electron chi connectivity index (χ2n) is 5.41. The monoisotopic (exact) mass is 279 g/mol. The SMILES string of the molecule is CC1CCCCC1N(C)c1cc([N+](=O)[O-])cc(NN)n1. The molecule has 0 amide bonds. The molecular formula is C13H21N5O2. The summed E-state index contributed by atoms with van der Waals surface area (Å²) in [4.78, 5) is 16.9. The molecule has 7 nitrogen and oxygen atoms in total. The number of nitrogens with zero attached hydrogens (tertiary/aromatic N) is 3. The third-order valence-corrected chi connectivity index (χ3v) is 4.08. The molecule has 1 aromatic rings. The van der Waals surface area contributed by atoms with E-state index in [1.807, 2.05) is 11.9 Å². The first-order chi connectivity index (χ1) is 9.52. The number of hydrogen-bond donors (Lipinski definition) is 2. The molecule has 1 saturated carbocycles. The second-order valence-corrected chi connectivity index (χ2v) is 5.41. The molecule has 1 fully saturated rings. The molecule has 1 aromatic heterocycles. The van der Waals surface area contributed by atoms with E-state index in [1.165, 1.54) is 31.4 Å². The molecule has 2 rings (SSSR count). The third-order valence-electron chi connectivity index (χ3n) is 4.08. The van der Waals surface area contributed by atoms with Crippen LogP contribution in [0.2, 0.25) is 0 Å². The molecule has 0 aliphatic heterocycles. The molecule has 1 heterocycles. The van der Waals surface area contributed by atoms with Gasteiger partial charge in [-0.1, -0.05) is 19.8 Å². The van der Waals surface area contributed by atoms with Crippen LogP contribution in [0.25, 0.3) is 0 Å². The van der Waals surface area contributed by atoms with Gasteiger partial charge in [0.2, 0.25) is 0 Å². The van der Waals surface area contributed by atoms with Crippen molar-refractivity contribution in [2.75, 3.05) is 17.4 Å². The Morgan fingerprint density at radius 1 is 1.45 bits per heavy atom. The number of nitrogens with one attached hydrogen (secondary N) is 1. The average molecular weight is 279 g/mol. The van der Waals surface area contributed by atoms with E-state index in [4.69, 9.17) is 5.84 Å². The van der Waals surface area contributed by atoms with E-state index in [1.54, 1.807) is 0 Å². The Bertz CT molecular complexity index is 494. The van der Waals surface area contributed by atoms with E-state index in [0.29, 0.717) is 23.6 Å². The van der Waals surface area contributed by atoms with Crippen LogP contribution >= 0.6 is 0 Å². The topological polar surface area (TPSA) is 97.3 Å². The largest absolute Gasteiger partial charge is 0.356 e. The molecule has 0 aromatic carbocycles. The molecule has 0 radical (unpaired) electrons. The third kappa shape index (κ3) is 2.98. The van der Waals surface area contributed by atoms with Gasteiger partial charge in [-0.3, -0.25) is 10.1 Å². The standard InChI is InChI=1S/C13H21N5O2/c1-9-5-3-4-6-11(9)17(2)13-8-10(18(19)20)7-12(15-13)16-14/h7-9,11H,3-6,14H2,1-2H3,(H,15,16). The van der Waals surface area contributed by atoms with Gasteiger partial charge in [0.05, 0.1) is 17.1 Å². The first kappa shape index (κ1) is 14.5. The lowest BCUT2D eigenvalue weighted by Gasteiger charge is -2.37. The van der Waals surface area contributed by atoms with Crippen molar-refractivity contribution in [3.05, 3.63) is 22.2 Å². The van der Waals surface area contributed by atoms with Gasteiger partial charge in [0.15, 0.2) is 0 Å². The van der Waals surface area contributed by atoms with Crippen LogP contribution in [0.4, 0.5) is 17.3 Å². The summed E-state index contributed by atoms with van der Waals surface area (Å²) in [6.45, 7) is 2.22. The number of anilines is 2. The summed E-state index contributed by atoms with van der Waals surface area (Å²) >= 11 is 0. The van der Waals surface area contributed by atoms with Gasteiger partial charge in [0.25, 0.3) is 5.69 Å². The minimum atomic E-state index is -0.426. The van der Waals surface area contributed by atoms with Crippen molar-refractivity contribution in [3.63, 3.8) is 0 Å². The maximum absolute atomic E-state index is 11.0. The predicted molar refractivity (Wildman–Crippen MR) is 78.5 cm³/mol. The Labute approximate surface area is 118 Å². The number of nitrogens with two attached hydrogens (primary N) is 1. The van der Waals surface area contributed by atoms with Gasteiger partial charge < -0.3 is 10.3 Å². The Morgan fingerprint density at radius 3 is 2.75 bits per heavy atom. The fourth-order valence-corrected chi connectivity index (χ4v) is 2.90. The van der Waals surface area contributed by atoms with Gasteiger partial charge in [-0.25, -0.2) is 10.8 Å². The number of pyridine rings is 1. The normalized spacial score (nSPS) is 22.4. The van der Waals surface area contributed by atoms with E-state index in [2.05, 4.69) is 17.3 Å². The minimum absolute atomic E-state index is 0.00161. The molecule has 1 aliphatic rings. The zero-order valence-corrected chi connectivity index (χ0v) is 11.9. The zero-order valence-electron chi connectivity index (χ0n) is 11.9. The molecule has 3 N–H and O–H groups in total. The lowest BCUT2D eigenvalue weighted by Crippen LogP contribution is -2.39. The molecular weight excluding hydrogens is 258 g/mol. The maximum atomic E-state index is 11.0. The number of rotatable bonds is 4. The number of hydrogen-bond acceptors (Lipinski definition) is 6. The highest BCUT2D eigenvalue weighted by molar-refractivity contribution is 5.55. The van der Waals surface area contributed by atoms with Crippen molar-refractivity contribution < 1.29 is 4.92 Å². The van der Waals surface area contributed by atoms with E-state index in [9.17, 15) is 10.1 Å². The molecule has 0 bridgehead atoms. The maximum Gasteiger partial charge on any atom is 0.276 e. The number of hydrazine groups is 1. The van der Waals surface area contributed by atoms with Crippen molar-refractivity contribution in [3.8, 4) is 0 Å². The summed E-state index contributed by atoms with van der Waals surface area (Å²) in [5.74, 6) is 6.80. The number of aromatic nitrogens is 1. The Morgan fingerprint density at radius 2 is 2.15 bits per heavy atom.